The summed E-state index contributed by atoms with van der Waals surface area (Å²) in [5.74, 6) is -0.993. The van der Waals surface area contributed by atoms with E-state index in [9.17, 15) is 9.90 Å². The van der Waals surface area contributed by atoms with Gasteiger partial charge in [-0.3, -0.25) is 14.6 Å². The van der Waals surface area contributed by atoms with E-state index in [1.165, 1.54) is 11.1 Å². The van der Waals surface area contributed by atoms with Crippen molar-refractivity contribution >= 4 is 23.3 Å². The van der Waals surface area contributed by atoms with Gasteiger partial charge in [0.1, 0.15) is 5.15 Å². The zero-order valence-electron chi connectivity index (χ0n) is 27.8. The van der Waals surface area contributed by atoms with E-state index in [0.29, 0.717) is 16.4 Å². The van der Waals surface area contributed by atoms with E-state index in [1.807, 2.05) is 48.6 Å². The fraction of sp³-hybridized carbons (Fsp3) is 0.571. The van der Waals surface area contributed by atoms with Crippen LogP contribution in [0, 0.1) is 26.2 Å². The lowest BCUT2D eigenvalue weighted by Crippen LogP contribution is -2.39. The maximum Gasteiger partial charge on any atom is 0.337 e. The van der Waals surface area contributed by atoms with Crippen LogP contribution in [0.25, 0.3) is 11.1 Å². The molecule has 44 heavy (non-hydrogen) atoms. The summed E-state index contributed by atoms with van der Waals surface area (Å²) < 4.78 is 7.99. The fourth-order valence-electron chi connectivity index (χ4n) is 6.73. The molecule has 1 atom stereocenters. The number of ether oxygens (including phenoxy) is 1. The van der Waals surface area contributed by atoms with Gasteiger partial charge in [0.25, 0.3) is 0 Å². The van der Waals surface area contributed by atoms with Crippen molar-refractivity contribution in [1.82, 2.24) is 19.7 Å². The largest absolute Gasteiger partial charge is 0.479 e. The topological polar surface area (TPSA) is 83.7 Å². The van der Waals surface area contributed by atoms with Gasteiger partial charge >= 0.3 is 5.97 Å². The molecule has 0 spiro atoms. The van der Waals surface area contributed by atoms with Crippen LogP contribution >= 0.6 is 11.6 Å². The van der Waals surface area contributed by atoms with Gasteiger partial charge in [-0.2, -0.15) is 5.10 Å². The third kappa shape index (κ3) is 6.68. The Balaban J connectivity index is 1.57. The van der Waals surface area contributed by atoms with Gasteiger partial charge in [-0.15, -0.1) is 0 Å². The summed E-state index contributed by atoms with van der Waals surface area (Å²) in [6, 6.07) is 6.72. The second kappa shape index (κ2) is 12.1. The standard InChI is InChI=1S/C35H48ClN5O3/c1-21-27(32(36)39(9)38-21)20-40-15-12-24-18-25(10-11-26(24)19-40)28-22(2)37-23(3)29(31(33(42)43)44-34(4,5)6)30(28)41-16-13-35(7,8)14-17-41/h10-11,18,31H,12-17,19-20H2,1-9H3,(H,42,43)/t31-/m0/s1. The number of piperidine rings is 1. The van der Waals surface area contributed by atoms with E-state index >= 15 is 0 Å². The predicted octanol–water partition coefficient (Wildman–Crippen LogP) is 7.19. The van der Waals surface area contributed by atoms with Crippen LogP contribution in [0.2, 0.25) is 5.15 Å². The Morgan fingerprint density at radius 2 is 1.75 bits per heavy atom. The Hall–Kier alpha value is -2.94. The molecule has 5 rings (SSSR count). The molecule has 1 fully saturated rings. The molecule has 238 valence electrons. The van der Waals surface area contributed by atoms with Crippen molar-refractivity contribution in [3.8, 4) is 11.1 Å². The zero-order valence-corrected chi connectivity index (χ0v) is 28.6. The van der Waals surface area contributed by atoms with Crippen molar-refractivity contribution in [2.45, 2.75) is 99.4 Å². The van der Waals surface area contributed by atoms with Crippen molar-refractivity contribution in [3.63, 3.8) is 0 Å². The average Bonchev–Trinajstić information content (AvgIpc) is 3.16. The number of carboxylic acids is 1. The van der Waals surface area contributed by atoms with Gasteiger partial charge < -0.3 is 14.7 Å². The molecule has 0 unspecified atom stereocenters. The van der Waals surface area contributed by atoms with Gasteiger partial charge in [-0.05, 0) is 82.9 Å². The SMILES string of the molecule is Cc1nn(C)c(Cl)c1CN1CCc2cc(-c3c(C)nc(C)c([C@H](OC(C)(C)C)C(=O)O)c3N3CCC(C)(C)CC3)ccc2C1. The Morgan fingerprint density at radius 3 is 2.34 bits per heavy atom. The number of pyridine rings is 1. The smallest absolute Gasteiger partial charge is 0.337 e. The van der Waals surface area contributed by atoms with Crippen LogP contribution in [-0.4, -0.2) is 56.0 Å². The van der Waals surface area contributed by atoms with Gasteiger partial charge in [-0.25, -0.2) is 4.79 Å². The first-order chi connectivity index (χ1) is 20.5. The number of benzene rings is 1. The lowest BCUT2D eigenvalue weighted by molar-refractivity contribution is -0.160. The van der Waals surface area contributed by atoms with Crippen molar-refractivity contribution < 1.29 is 14.6 Å². The number of hydrogen-bond donors (Lipinski definition) is 1. The molecule has 2 aromatic heterocycles. The normalized spacial score (nSPS) is 17.9. The maximum atomic E-state index is 12.8. The number of nitrogens with zero attached hydrogens (tertiary/aromatic N) is 5. The minimum absolute atomic E-state index is 0.248. The Kier molecular flexibility index (Phi) is 8.93. The molecule has 0 radical (unpaired) electrons. The summed E-state index contributed by atoms with van der Waals surface area (Å²) in [6.07, 6.45) is 1.86. The van der Waals surface area contributed by atoms with Crippen molar-refractivity contribution in [2.75, 3.05) is 24.5 Å². The lowest BCUT2D eigenvalue weighted by Gasteiger charge is -2.41. The van der Waals surface area contributed by atoms with E-state index in [-0.39, 0.29) is 5.41 Å². The summed E-state index contributed by atoms with van der Waals surface area (Å²) in [5.41, 5.74) is 9.62. The highest BCUT2D eigenvalue weighted by Crippen LogP contribution is 2.45. The van der Waals surface area contributed by atoms with Crippen molar-refractivity contribution in [1.29, 1.82) is 0 Å². The van der Waals surface area contributed by atoms with Gasteiger partial charge in [-0.1, -0.05) is 43.6 Å². The number of hydrogen-bond acceptors (Lipinski definition) is 6. The van der Waals surface area contributed by atoms with Crippen LogP contribution in [-0.2, 0) is 36.1 Å². The van der Waals surface area contributed by atoms with Gasteiger partial charge in [0.2, 0.25) is 0 Å². The Bertz CT molecular complexity index is 1560. The number of aryl methyl sites for hydroxylation is 4. The molecule has 2 aliphatic heterocycles. The molecule has 0 aliphatic carbocycles. The third-order valence-electron chi connectivity index (χ3n) is 9.21. The highest BCUT2D eigenvalue weighted by Gasteiger charge is 2.36. The van der Waals surface area contributed by atoms with E-state index in [1.54, 1.807) is 4.68 Å². The molecular formula is C35H48ClN5O3. The number of aliphatic carboxylic acids is 1. The van der Waals surface area contributed by atoms with E-state index in [4.69, 9.17) is 21.3 Å². The summed E-state index contributed by atoms with van der Waals surface area (Å²) in [4.78, 5) is 22.6. The molecule has 4 heterocycles. The predicted molar refractivity (Wildman–Crippen MR) is 176 cm³/mol. The van der Waals surface area contributed by atoms with Crippen molar-refractivity contribution in [3.05, 3.63) is 62.7 Å². The maximum absolute atomic E-state index is 12.8. The Morgan fingerprint density at radius 1 is 1.07 bits per heavy atom. The van der Waals surface area contributed by atoms with Gasteiger partial charge in [0.05, 0.1) is 17.0 Å². The van der Waals surface area contributed by atoms with E-state index < -0.39 is 17.7 Å². The van der Waals surface area contributed by atoms with Crippen molar-refractivity contribution in [2.24, 2.45) is 12.5 Å². The highest BCUT2D eigenvalue weighted by molar-refractivity contribution is 6.30. The fourth-order valence-corrected chi connectivity index (χ4v) is 6.97. The van der Waals surface area contributed by atoms with Crippen LogP contribution in [0.4, 0.5) is 5.69 Å². The van der Waals surface area contributed by atoms with E-state index in [0.717, 1.165) is 85.8 Å². The molecule has 3 aromatic rings. The van der Waals surface area contributed by atoms with E-state index in [2.05, 4.69) is 46.9 Å². The second-order valence-electron chi connectivity index (χ2n) is 14.4. The van der Waals surface area contributed by atoms with Crippen LogP contribution in [0.1, 0.15) is 92.9 Å². The summed E-state index contributed by atoms with van der Waals surface area (Å²) >= 11 is 6.55. The van der Waals surface area contributed by atoms with Crippen LogP contribution in [0.3, 0.4) is 0 Å². The third-order valence-corrected chi connectivity index (χ3v) is 9.68. The minimum Gasteiger partial charge on any atom is -0.479 e. The number of halogens is 1. The van der Waals surface area contributed by atoms with Gasteiger partial charge in [0.15, 0.2) is 6.10 Å². The molecule has 2 aliphatic rings. The number of carboxylic acid groups (broad SMARTS) is 1. The number of carbonyl (C=O) groups is 1. The molecule has 1 aromatic carbocycles. The van der Waals surface area contributed by atoms with Crippen LogP contribution in [0.15, 0.2) is 18.2 Å². The molecular weight excluding hydrogens is 574 g/mol. The molecule has 0 amide bonds. The lowest BCUT2D eigenvalue weighted by atomic mass is 9.81. The molecule has 0 bridgehead atoms. The number of fused-ring (bicyclic) bond motifs is 1. The number of aromatic nitrogens is 3. The molecule has 1 saturated heterocycles. The first kappa shape index (κ1) is 32.5. The van der Waals surface area contributed by atoms with Crippen LogP contribution in [0.5, 0.6) is 0 Å². The molecule has 9 heteroatoms. The number of rotatable bonds is 7. The zero-order chi connectivity index (χ0) is 32.1. The quantitative estimate of drug-likeness (QED) is 0.299. The monoisotopic (exact) mass is 621 g/mol. The Labute approximate surface area is 267 Å². The highest BCUT2D eigenvalue weighted by atomic mass is 35.5. The summed E-state index contributed by atoms with van der Waals surface area (Å²) in [5, 5.41) is 15.7. The minimum atomic E-state index is -1.12. The first-order valence-electron chi connectivity index (χ1n) is 15.7. The molecule has 0 saturated carbocycles. The molecule has 8 nitrogen and oxygen atoms in total. The first-order valence-corrected chi connectivity index (χ1v) is 16.1. The van der Waals surface area contributed by atoms with Gasteiger partial charge in [0, 0.05) is 67.8 Å². The summed E-state index contributed by atoms with van der Waals surface area (Å²) in [6.45, 7) is 20.6. The molecule has 1 N–H and O–H groups in total. The average molecular weight is 622 g/mol. The second-order valence-corrected chi connectivity index (χ2v) is 14.8. The summed E-state index contributed by atoms with van der Waals surface area (Å²) in [7, 11) is 1.88. The number of anilines is 1. The van der Waals surface area contributed by atoms with Crippen LogP contribution < -0.4 is 4.90 Å².